The summed E-state index contributed by atoms with van der Waals surface area (Å²) in [5.74, 6) is 0. The van der Waals surface area contributed by atoms with Gasteiger partial charge in [0.1, 0.15) is 6.61 Å². The van der Waals surface area contributed by atoms with E-state index in [4.69, 9.17) is 9.79 Å². The first-order chi connectivity index (χ1) is 5.62. The molecule has 0 aromatic carbocycles. The zero-order valence-electron chi connectivity index (χ0n) is 6.23. The molecule has 0 aromatic rings. The van der Waals surface area contributed by atoms with Crippen molar-refractivity contribution in [3.05, 3.63) is 24.8 Å². The van der Waals surface area contributed by atoms with Gasteiger partial charge in [0.05, 0.1) is 12.7 Å². The summed E-state index contributed by atoms with van der Waals surface area (Å²) in [7, 11) is -3.53. The van der Waals surface area contributed by atoms with Crippen molar-refractivity contribution in [2.75, 3.05) is 12.8 Å². The first kappa shape index (κ1) is 11.6. The molecule has 0 spiro atoms. The minimum Gasteiger partial charge on any atom is -0.216 e. The topological polar surface area (TPSA) is 49.7 Å². The third-order valence-electron chi connectivity index (χ3n) is 0.899. The van der Waals surface area contributed by atoms with Gasteiger partial charge in [0, 0.05) is 0 Å². The van der Waals surface area contributed by atoms with Gasteiger partial charge in [0.25, 0.3) is 0 Å². The molecule has 0 saturated carbocycles. The second-order valence-corrected chi connectivity index (χ2v) is 3.82. The van der Waals surface area contributed by atoms with Crippen LogP contribution in [0.2, 0.25) is 0 Å². The molecule has 12 heavy (non-hydrogen) atoms. The molecule has 2 N–H and O–H groups in total. The fourth-order valence-corrected chi connectivity index (χ4v) is 1.21. The fourth-order valence-electron chi connectivity index (χ4n) is 0.429. The minimum absolute atomic E-state index is 0.190. The summed E-state index contributed by atoms with van der Waals surface area (Å²) in [6.07, 6.45) is 2.01. The quantitative estimate of drug-likeness (QED) is 0.662. The maximum Gasteiger partial charge on any atom is 0.410 e. The molecule has 0 fully saturated rings. The van der Waals surface area contributed by atoms with Crippen LogP contribution < -0.4 is 0 Å². The van der Waals surface area contributed by atoms with Gasteiger partial charge in [-0.3, -0.25) is 0 Å². The van der Waals surface area contributed by atoms with Crippen LogP contribution in [0.15, 0.2) is 24.8 Å². The Morgan fingerprint density at radius 1 is 1.17 bits per heavy atom. The van der Waals surface area contributed by atoms with E-state index in [1.54, 1.807) is 0 Å². The third-order valence-corrected chi connectivity index (χ3v) is 2.15. The number of hydrogen-bond donors (Lipinski definition) is 2. The van der Waals surface area contributed by atoms with Gasteiger partial charge in [-0.25, -0.2) is 8.78 Å². The molecule has 6 heteroatoms. The maximum absolute atomic E-state index is 11.4. The molecule has 3 nitrogen and oxygen atoms in total. The van der Waals surface area contributed by atoms with Crippen LogP contribution in [0.1, 0.15) is 0 Å². The summed E-state index contributed by atoms with van der Waals surface area (Å²) >= 11 is 0. The van der Waals surface area contributed by atoms with Crippen molar-refractivity contribution in [3.8, 4) is 0 Å². The van der Waals surface area contributed by atoms with Crippen molar-refractivity contribution in [3.63, 3.8) is 0 Å². The molecule has 70 valence electrons. The predicted molar refractivity (Wildman–Crippen MR) is 42.7 cm³/mol. The van der Waals surface area contributed by atoms with E-state index in [-0.39, 0.29) is 25.4 Å². The van der Waals surface area contributed by atoms with E-state index >= 15 is 0 Å². The molecule has 0 radical (unpaired) electrons. The first-order valence-electron chi connectivity index (χ1n) is 3.11. The molecule has 0 aliphatic rings. The molecule has 0 aliphatic heterocycles. The van der Waals surface area contributed by atoms with Crippen molar-refractivity contribution in [2.24, 2.45) is 0 Å². The van der Waals surface area contributed by atoms with Gasteiger partial charge < -0.3 is 0 Å². The van der Waals surface area contributed by atoms with Crippen LogP contribution in [0.5, 0.6) is 0 Å². The summed E-state index contributed by atoms with van der Waals surface area (Å²) in [5.41, 5.74) is 0. The number of rotatable bonds is 5. The van der Waals surface area contributed by atoms with Crippen LogP contribution in [0, 0.1) is 0 Å². The Kier molecular flexibility index (Phi) is 6.02. The SMILES string of the molecule is O[P+](O)(CC=CF)OCC=CF. The van der Waals surface area contributed by atoms with Gasteiger partial charge in [0.2, 0.25) is 0 Å². The molecule has 0 heterocycles. The average Bonchev–Trinajstić information content (AvgIpc) is 2.01. The Bertz CT molecular complexity index is 170. The highest BCUT2D eigenvalue weighted by Gasteiger charge is 2.33. The second kappa shape index (κ2) is 6.20. The second-order valence-electron chi connectivity index (χ2n) is 1.87. The Morgan fingerprint density at radius 3 is 2.25 bits per heavy atom. The molecule has 0 amide bonds. The van der Waals surface area contributed by atoms with Crippen LogP contribution in [0.25, 0.3) is 0 Å². The first-order valence-corrected chi connectivity index (χ1v) is 4.90. The van der Waals surface area contributed by atoms with E-state index in [2.05, 4.69) is 4.52 Å². The number of allylic oxidation sites excluding steroid dienone is 1. The van der Waals surface area contributed by atoms with Crippen molar-refractivity contribution in [2.45, 2.75) is 0 Å². The Morgan fingerprint density at radius 2 is 1.75 bits per heavy atom. The van der Waals surface area contributed by atoms with Crippen LogP contribution >= 0.6 is 7.94 Å². The largest absolute Gasteiger partial charge is 0.410 e. The molecule has 0 atom stereocenters. The zero-order valence-corrected chi connectivity index (χ0v) is 7.12. The standard InChI is InChI=1S/C6H10F2O3P/c7-3-1-5-11-12(9,10)6-2-4-8/h1-4,9-10H,5-6H2/q+1. The highest BCUT2D eigenvalue weighted by molar-refractivity contribution is 7.59. The fraction of sp³-hybridized carbons (Fsp3) is 0.333. The highest BCUT2D eigenvalue weighted by atomic mass is 31.2. The van der Waals surface area contributed by atoms with E-state index in [0.717, 1.165) is 12.2 Å². The smallest absolute Gasteiger partial charge is 0.216 e. The van der Waals surface area contributed by atoms with Crippen molar-refractivity contribution in [1.29, 1.82) is 0 Å². The van der Waals surface area contributed by atoms with Crippen LogP contribution in [-0.2, 0) is 4.52 Å². The van der Waals surface area contributed by atoms with E-state index in [9.17, 15) is 8.78 Å². The molecular weight excluding hydrogens is 189 g/mol. The van der Waals surface area contributed by atoms with Crippen molar-refractivity contribution < 1.29 is 23.1 Å². The molecule has 0 aromatic heterocycles. The van der Waals surface area contributed by atoms with Gasteiger partial charge in [-0.2, -0.15) is 14.3 Å². The Hall–Kier alpha value is -0.350. The maximum atomic E-state index is 11.4. The predicted octanol–water partition coefficient (Wildman–Crippen LogP) is 1.72. The van der Waals surface area contributed by atoms with E-state index in [1.165, 1.54) is 0 Å². The van der Waals surface area contributed by atoms with Crippen molar-refractivity contribution >= 4 is 7.94 Å². The van der Waals surface area contributed by atoms with Gasteiger partial charge in [-0.1, -0.05) is 0 Å². The lowest BCUT2D eigenvalue weighted by Gasteiger charge is -2.06. The van der Waals surface area contributed by atoms with Crippen LogP contribution in [0.3, 0.4) is 0 Å². The van der Waals surface area contributed by atoms with Gasteiger partial charge in [-0.15, -0.1) is 0 Å². The van der Waals surface area contributed by atoms with Gasteiger partial charge in [-0.05, 0) is 12.2 Å². The van der Waals surface area contributed by atoms with Gasteiger partial charge >= 0.3 is 7.94 Å². The van der Waals surface area contributed by atoms with E-state index < -0.39 is 7.94 Å². The monoisotopic (exact) mass is 199 g/mol. The Labute approximate surface area is 69.6 Å². The normalized spacial score (nSPS) is 13.3. The molecular formula is C6H10F2O3P+. The summed E-state index contributed by atoms with van der Waals surface area (Å²) in [4.78, 5) is 17.9. The lowest BCUT2D eigenvalue weighted by atomic mass is 10.7. The minimum atomic E-state index is -3.53. The molecule has 0 rings (SSSR count). The molecule has 0 saturated heterocycles. The van der Waals surface area contributed by atoms with Crippen molar-refractivity contribution in [1.82, 2.24) is 0 Å². The molecule has 0 unspecified atom stereocenters. The van der Waals surface area contributed by atoms with Crippen LogP contribution in [-0.4, -0.2) is 22.6 Å². The van der Waals surface area contributed by atoms with Crippen LogP contribution in [0.4, 0.5) is 8.78 Å². The highest BCUT2D eigenvalue weighted by Crippen LogP contribution is 2.50. The van der Waals surface area contributed by atoms with E-state index in [0.29, 0.717) is 0 Å². The summed E-state index contributed by atoms with van der Waals surface area (Å²) in [5, 5.41) is 0. The molecule has 0 aliphatic carbocycles. The van der Waals surface area contributed by atoms with E-state index in [1.807, 2.05) is 0 Å². The summed E-state index contributed by atoms with van der Waals surface area (Å²) in [6, 6.07) is 0. The summed E-state index contributed by atoms with van der Waals surface area (Å²) < 4.78 is 27.2. The lowest BCUT2D eigenvalue weighted by Crippen LogP contribution is -1.99. The number of halogens is 2. The third kappa shape index (κ3) is 6.37. The number of hydrogen-bond acceptors (Lipinski definition) is 3. The molecule has 0 bridgehead atoms. The average molecular weight is 199 g/mol. The van der Waals surface area contributed by atoms with Gasteiger partial charge in [0.15, 0.2) is 6.16 Å². The zero-order chi connectivity index (χ0) is 9.45. The summed E-state index contributed by atoms with van der Waals surface area (Å²) in [6.45, 7) is -0.239. The Balaban J connectivity index is 3.70. The lowest BCUT2D eigenvalue weighted by molar-refractivity contribution is 0.255.